The molecule has 1 fully saturated rings. The largest absolute Gasteiger partial charge is 0.494 e. The third-order valence-electron chi connectivity index (χ3n) is 3.19. The van der Waals surface area contributed by atoms with Crippen LogP contribution in [-0.2, 0) is 10.3 Å². The summed E-state index contributed by atoms with van der Waals surface area (Å²) < 4.78 is 18.4. The van der Waals surface area contributed by atoms with Crippen LogP contribution in [0.25, 0.3) is 0 Å². The van der Waals surface area contributed by atoms with Crippen LogP contribution in [0.5, 0.6) is 5.75 Å². The van der Waals surface area contributed by atoms with Crippen LogP contribution in [0.1, 0.15) is 24.8 Å². The maximum absolute atomic E-state index is 13.5. The van der Waals surface area contributed by atoms with Crippen molar-refractivity contribution in [2.24, 2.45) is 4.99 Å². The van der Waals surface area contributed by atoms with Gasteiger partial charge in [-0.3, -0.25) is 0 Å². The van der Waals surface area contributed by atoms with Crippen LogP contribution in [0, 0.1) is 5.82 Å². The van der Waals surface area contributed by atoms with Crippen molar-refractivity contribution in [3.8, 4) is 5.75 Å². The van der Waals surface area contributed by atoms with Gasteiger partial charge in [-0.25, -0.2) is 9.18 Å². The van der Waals surface area contributed by atoms with Crippen molar-refractivity contribution in [3.05, 3.63) is 28.5 Å². The number of methoxy groups -OCH3 is 1. The summed E-state index contributed by atoms with van der Waals surface area (Å²) in [5, 5.41) is -0.0216. The van der Waals surface area contributed by atoms with Gasteiger partial charge in [0.2, 0.25) is 6.08 Å². The molecule has 5 heteroatoms. The molecule has 1 aliphatic rings. The molecule has 1 aromatic carbocycles. The first-order chi connectivity index (χ1) is 8.13. The third-order valence-corrected chi connectivity index (χ3v) is 3.47. The molecular formula is C12H11ClFNO2. The van der Waals surface area contributed by atoms with E-state index in [1.165, 1.54) is 13.2 Å². The number of hydrogen-bond acceptors (Lipinski definition) is 3. The Labute approximate surface area is 103 Å². The second-order valence-electron chi connectivity index (χ2n) is 4.06. The van der Waals surface area contributed by atoms with Gasteiger partial charge in [0, 0.05) is 0 Å². The topological polar surface area (TPSA) is 38.7 Å². The number of hydrogen-bond donors (Lipinski definition) is 0. The van der Waals surface area contributed by atoms with Gasteiger partial charge in [-0.05, 0) is 37.0 Å². The van der Waals surface area contributed by atoms with E-state index in [4.69, 9.17) is 16.3 Å². The molecule has 1 saturated carbocycles. The van der Waals surface area contributed by atoms with E-state index in [2.05, 4.69) is 4.99 Å². The van der Waals surface area contributed by atoms with E-state index in [0.29, 0.717) is 5.56 Å². The normalized spacial score (nSPS) is 16.9. The number of nitrogens with zero attached hydrogens (tertiary/aromatic N) is 1. The minimum Gasteiger partial charge on any atom is -0.494 e. The highest BCUT2D eigenvalue weighted by atomic mass is 35.5. The molecule has 17 heavy (non-hydrogen) atoms. The van der Waals surface area contributed by atoms with Crippen molar-refractivity contribution in [2.45, 2.75) is 24.8 Å². The molecule has 0 aromatic heterocycles. The number of halogens is 2. The molecule has 90 valence electrons. The Bertz CT molecular complexity index is 494. The fourth-order valence-electron chi connectivity index (χ4n) is 2.05. The second-order valence-corrected chi connectivity index (χ2v) is 4.47. The summed E-state index contributed by atoms with van der Waals surface area (Å²) in [6.07, 6.45) is 4.04. The molecule has 1 aromatic rings. The standard InChI is InChI=1S/C12H11ClFNO2/c1-17-10-6-8(5-9(13)11(10)14)12(15-7-16)3-2-4-12/h5-6H,2-4H2,1H3. The lowest BCUT2D eigenvalue weighted by Crippen LogP contribution is -2.32. The molecule has 0 radical (unpaired) electrons. The maximum atomic E-state index is 13.5. The van der Waals surface area contributed by atoms with Gasteiger partial charge in [0.1, 0.15) is 0 Å². The third kappa shape index (κ3) is 1.94. The van der Waals surface area contributed by atoms with Crippen LogP contribution in [0.3, 0.4) is 0 Å². The number of benzene rings is 1. The predicted molar refractivity (Wildman–Crippen MR) is 61.6 cm³/mol. The lowest BCUT2D eigenvalue weighted by atomic mass is 9.72. The summed E-state index contributed by atoms with van der Waals surface area (Å²) in [6.45, 7) is 0. The van der Waals surface area contributed by atoms with E-state index >= 15 is 0 Å². The average Bonchev–Trinajstić information content (AvgIpc) is 2.27. The summed E-state index contributed by atoms with van der Waals surface area (Å²) in [7, 11) is 1.37. The van der Waals surface area contributed by atoms with Crippen LogP contribution >= 0.6 is 11.6 Å². The first kappa shape index (κ1) is 12.1. The minimum absolute atomic E-state index is 0.0216. The monoisotopic (exact) mass is 255 g/mol. The molecule has 0 bridgehead atoms. The lowest BCUT2D eigenvalue weighted by Gasteiger charge is -2.37. The highest BCUT2D eigenvalue weighted by Gasteiger charge is 2.39. The quantitative estimate of drug-likeness (QED) is 0.615. The Morgan fingerprint density at radius 3 is 2.71 bits per heavy atom. The predicted octanol–water partition coefficient (Wildman–Crippen LogP) is 3.20. The van der Waals surface area contributed by atoms with E-state index < -0.39 is 11.4 Å². The first-order valence-electron chi connectivity index (χ1n) is 5.25. The smallest absolute Gasteiger partial charge is 0.235 e. The number of isocyanates is 1. The molecule has 2 rings (SSSR count). The highest BCUT2D eigenvalue weighted by Crippen LogP contribution is 2.46. The molecule has 0 unspecified atom stereocenters. The van der Waals surface area contributed by atoms with E-state index in [0.717, 1.165) is 19.3 Å². The van der Waals surface area contributed by atoms with E-state index in [1.54, 1.807) is 12.1 Å². The first-order valence-corrected chi connectivity index (χ1v) is 5.63. The second kappa shape index (κ2) is 4.47. The molecule has 1 aliphatic carbocycles. The molecule has 0 heterocycles. The van der Waals surface area contributed by atoms with Crippen molar-refractivity contribution in [1.82, 2.24) is 0 Å². The van der Waals surface area contributed by atoms with Gasteiger partial charge in [0.15, 0.2) is 11.6 Å². The van der Waals surface area contributed by atoms with E-state index in [9.17, 15) is 9.18 Å². The Kier molecular flexibility index (Phi) is 3.18. The van der Waals surface area contributed by atoms with Crippen LogP contribution in [0.2, 0.25) is 5.02 Å². The van der Waals surface area contributed by atoms with Crippen molar-refractivity contribution < 1.29 is 13.9 Å². The zero-order valence-corrected chi connectivity index (χ0v) is 10.1. The van der Waals surface area contributed by atoms with Gasteiger partial charge in [-0.1, -0.05) is 11.6 Å². The van der Waals surface area contributed by atoms with Gasteiger partial charge >= 0.3 is 0 Å². The van der Waals surface area contributed by atoms with Crippen molar-refractivity contribution in [3.63, 3.8) is 0 Å². The van der Waals surface area contributed by atoms with Crippen molar-refractivity contribution in [2.75, 3.05) is 7.11 Å². The van der Waals surface area contributed by atoms with Gasteiger partial charge < -0.3 is 4.74 Å². The summed E-state index contributed by atoms with van der Waals surface area (Å²) in [5.74, 6) is -0.526. The average molecular weight is 256 g/mol. The molecule has 0 aliphatic heterocycles. The molecule has 0 spiro atoms. The molecule has 0 atom stereocenters. The summed E-state index contributed by atoms with van der Waals surface area (Å²) in [4.78, 5) is 14.3. The van der Waals surface area contributed by atoms with E-state index in [1.807, 2.05) is 0 Å². The van der Waals surface area contributed by atoms with Gasteiger partial charge in [-0.2, -0.15) is 4.99 Å². The molecule has 0 amide bonds. The van der Waals surface area contributed by atoms with Crippen molar-refractivity contribution >= 4 is 17.7 Å². The summed E-state index contributed by atoms with van der Waals surface area (Å²) in [6, 6.07) is 3.04. The van der Waals surface area contributed by atoms with Gasteiger partial charge in [0.05, 0.1) is 17.7 Å². The Balaban J connectivity index is 2.52. The van der Waals surface area contributed by atoms with Crippen LogP contribution in [-0.4, -0.2) is 13.2 Å². The fourth-order valence-corrected chi connectivity index (χ4v) is 2.26. The Morgan fingerprint density at radius 1 is 1.53 bits per heavy atom. The summed E-state index contributed by atoms with van der Waals surface area (Å²) in [5.41, 5.74) is 0.113. The fraction of sp³-hybridized carbons (Fsp3) is 0.417. The molecule has 0 saturated heterocycles. The van der Waals surface area contributed by atoms with Gasteiger partial charge in [-0.15, -0.1) is 0 Å². The maximum Gasteiger partial charge on any atom is 0.235 e. The Morgan fingerprint density at radius 2 is 2.24 bits per heavy atom. The lowest BCUT2D eigenvalue weighted by molar-refractivity contribution is 0.254. The molecular weight excluding hydrogens is 245 g/mol. The minimum atomic E-state index is -0.595. The Hall–Kier alpha value is -1.38. The summed E-state index contributed by atoms with van der Waals surface area (Å²) >= 11 is 5.79. The molecule has 3 nitrogen and oxygen atoms in total. The van der Waals surface area contributed by atoms with Gasteiger partial charge in [0.25, 0.3) is 0 Å². The zero-order valence-electron chi connectivity index (χ0n) is 9.30. The SMILES string of the molecule is COc1cc(C2(N=C=O)CCC2)cc(Cl)c1F. The number of ether oxygens (including phenoxy) is 1. The number of carbonyl (C=O) groups excluding carboxylic acids is 1. The van der Waals surface area contributed by atoms with Crippen LogP contribution in [0.4, 0.5) is 4.39 Å². The number of aliphatic imine (C=N–C) groups is 1. The zero-order chi connectivity index (χ0) is 12.5. The highest BCUT2D eigenvalue weighted by molar-refractivity contribution is 6.31. The molecule has 0 N–H and O–H groups in total. The van der Waals surface area contributed by atoms with Crippen LogP contribution < -0.4 is 4.74 Å². The van der Waals surface area contributed by atoms with Crippen LogP contribution in [0.15, 0.2) is 17.1 Å². The van der Waals surface area contributed by atoms with Crippen molar-refractivity contribution in [1.29, 1.82) is 0 Å². The van der Waals surface area contributed by atoms with E-state index in [-0.39, 0.29) is 10.8 Å². The number of rotatable bonds is 3.